The van der Waals surface area contributed by atoms with Crippen LogP contribution in [-0.2, 0) is 11.3 Å². The molecular weight excluding hydrogens is 270 g/mol. The van der Waals surface area contributed by atoms with Gasteiger partial charge in [0, 0.05) is 12.8 Å². The van der Waals surface area contributed by atoms with E-state index in [2.05, 4.69) is 15.2 Å². The average molecular weight is 285 g/mol. The lowest BCUT2D eigenvalue weighted by molar-refractivity contribution is -0.140. The third-order valence-electron chi connectivity index (χ3n) is 2.76. The van der Waals surface area contributed by atoms with Crippen molar-refractivity contribution in [2.24, 2.45) is 0 Å². The van der Waals surface area contributed by atoms with Gasteiger partial charge in [0.2, 0.25) is 0 Å². The molecule has 19 heavy (non-hydrogen) atoms. The van der Waals surface area contributed by atoms with Gasteiger partial charge >= 0.3 is 12.0 Å². The third-order valence-corrected chi connectivity index (χ3v) is 3.77. The summed E-state index contributed by atoms with van der Waals surface area (Å²) in [6.07, 6.45) is 0. The summed E-state index contributed by atoms with van der Waals surface area (Å²) >= 11 is 1.43. The zero-order valence-corrected chi connectivity index (χ0v) is 11.5. The number of carbonyl (C=O) groups is 2. The lowest BCUT2D eigenvalue weighted by Crippen LogP contribution is -2.47. The van der Waals surface area contributed by atoms with Gasteiger partial charge in [0.05, 0.1) is 12.4 Å². The maximum Gasteiger partial charge on any atom is 0.327 e. The number of thioether (sulfide) groups is 1. The highest BCUT2D eigenvalue weighted by Crippen LogP contribution is 2.22. The summed E-state index contributed by atoms with van der Waals surface area (Å²) in [5, 5.41) is 15.7. The van der Waals surface area contributed by atoms with Gasteiger partial charge in [-0.15, -0.1) is 11.8 Å². The standard InChI is InChI=1S/C10H15N5O3S/c1-6-11-8(13-12-6)3-14(2)10(18)15-5-19-4-7(15)9(16)17/h7H,3-5H2,1-2H3,(H,16,17)(H,11,12,13)/t7-/m0/s1. The summed E-state index contributed by atoms with van der Waals surface area (Å²) in [4.78, 5) is 30.1. The van der Waals surface area contributed by atoms with Crippen molar-refractivity contribution in [1.29, 1.82) is 0 Å². The summed E-state index contributed by atoms with van der Waals surface area (Å²) in [7, 11) is 1.61. The highest BCUT2D eigenvalue weighted by molar-refractivity contribution is 7.99. The number of H-pyrrole nitrogens is 1. The quantitative estimate of drug-likeness (QED) is 0.818. The van der Waals surface area contributed by atoms with Crippen LogP contribution < -0.4 is 0 Å². The molecule has 2 heterocycles. The second-order valence-electron chi connectivity index (χ2n) is 4.30. The van der Waals surface area contributed by atoms with Crippen molar-refractivity contribution in [3.8, 4) is 0 Å². The van der Waals surface area contributed by atoms with Crippen LogP contribution in [0.5, 0.6) is 0 Å². The van der Waals surface area contributed by atoms with Crippen molar-refractivity contribution in [1.82, 2.24) is 25.0 Å². The van der Waals surface area contributed by atoms with Crippen LogP contribution in [0.2, 0.25) is 0 Å². The highest BCUT2D eigenvalue weighted by Gasteiger charge is 2.36. The Labute approximate surface area is 114 Å². The van der Waals surface area contributed by atoms with Crippen molar-refractivity contribution in [3.63, 3.8) is 0 Å². The first-order valence-corrected chi connectivity index (χ1v) is 6.84. The summed E-state index contributed by atoms with van der Waals surface area (Å²) in [5.41, 5.74) is 0. The summed E-state index contributed by atoms with van der Waals surface area (Å²) < 4.78 is 0. The van der Waals surface area contributed by atoms with E-state index in [4.69, 9.17) is 5.11 Å². The number of carboxylic acids is 1. The summed E-state index contributed by atoms with van der Waals surface area (Å²) in [5.74, 6) is 1.03. The summed E-state index contributed by atoms with van der Waals surface area (Å²) in [6, 6.07) is -1.08. The van der Waals surface area contributed by atoms with Gasteiger partial charge in [-0.05, 0) is 6.92 Å². The Balaban J connectivity index is 2.00. The van der Waals surface area contributed by atoms with E-state index in [1.165, 1.54) is 21.6 Å². The number of hydrogen-bond donors (Lipinski definition) is 2. The molecule has 9 heteroatoms. The van der Waals surface area contributed by atoms with Gasteiger partial charge in [0.25, 0.3) is 0 Å². The van der Waals surface area contributed by atoms with Crippen LogP contribution in [0.1, 0.15) is 11.6 Å². The fourth-order valence-electron chi connectivity index (χ4n) is 1.79. The van der Waals surface area contributed by atoms with E-state index in [0.717, 1.165) is 0 Å². The van der Waals surface area contributed by atoms with Gasteiger partial charge in [-0.1, -0.05) is 0 Å². The van der Waals surface area contributed by atoms with E-state index < -0.39 is 12.0 Å². The Bertz CT molecular complexity index is 491. The van der Waals surface area contributed by atoms with Crippen LogP contribution in [-0.4, -0.2) is 66.8 Å². The first-order chi connectivity index (χ1) is 8.99. The normalized spacial score (nSPS) is 18.6. The fourth-order valence-corrected chi connectivity index (χ4v) is 2.93. The van der Waals surface area contributed by atoms with Crippen molar-refractivity contribution >= 4 is 23.8 Å². The van der Waals surface area contributed by atoms with E-state index in [1.54, 1.807) is 14.0 Å². The molecule has 0 aliphatic carbocycles. The molecule has 1 fully saturated rings. The van der Waals surface area contributed by atoms with E-state index in [0.29, 0.717) is 23.3 Å². The number of nitrogens with zero attached hydrogens (tertiary/aromatic N) is 4. The Hall–Kier alpha value is -1.77. The van der Waals surface area contributed by atoms with E-state index in [1.807, 2.05) is 0 Å². The van der Waals surface area contributed by atoms with Crippen LogP contribution in [0, 0.1) is 6.92 Å². The molecule has 1 aromatic heterocycles. The average Bonchev–Trinajstić information content (AvgIpc) is 2.97. The van der Waals surface area contributed by atoms with E-state index in [-0.39, 0.29) is 12.6 Å². The lowest BCUT2D eigenvalue weighted by Gasteiger charge is -2.26. The third kappa shape index (κ3) is 2.98. The molecule has 2 rings (SSSR count). The molecule has 1 aliphatic heterocycles. The molecule has 2 amide bonds. The number of aromatic amines is 1. The number of aromatic nitrogens is 3. The number of nitrogens with one attached hydrogen (secondary N) is 1. The smallest absolute Gasteiger partial charge is 0.327 e. The highest BCUT2D eigenvalue weighted by atomic mass is 32.2. The largest absolute Gasteiger partial charge is 0.480 e. The maximum atomic E-state index is 12.2. The number of amides is 2. The van der Waals surface area contributed by atoms with Crippen LogP contribution >= 0.6 is 11.8 Å². The minimum atomic E-state index is -0.972. The van der Waals surface area contributed by atoms with Gasteiger partial charge in [0.1, 0.15) is 11.9 Å². The van der Waals surface area contributed by atoms with E-state index in [9.17, 15) is 9.59 Å². The SMILES string of the molecule is Cc1nc(CN(C)C(=O)N2CSC[C@H]2C(=O)O)n[nH]1. The van der Waals surface area contributed by atoms with Crippen LogP contribution in [0.15, 0.2) is 0 Å². The van der Waals surface area contributed by atoms with Gasteiger partial charge in [-0.2, -0.15) is 5.10 Å². The number of urea groups is 1. The molecule has 0 radical (unpaired) electrons. The zero-order valence-electron chi connectivity index (χ0n) is 10.7. The number of carbonyl (C=O) groups excluding carboxylic acids is 1. The molecule has 1 saturated heterocycles. The molecule has 0 bridgehead atoms. The van der Waals surface area contributed by atoms with Gasteiger partial charge < -0.3 is 14.9 Å². The molecular formula is C10H15N5O3S. The van der Waals surface area contributed by atoms with Crippen molar-refractivity contribution < 1.29 is 14.7 Å². The van der Waals surface area contributed by atoms with Crippen LogP contribution in [0.25, 0.3) is 0 Å². The van der Waals surface area contributed by atoms with Gasteiger partial charge in [-0.25, -0.2) is 14.6 Å². The fraction of sp³-hybridized carbons (Fsp3) is 0.600. The van der Waals surface area contributed by atoms with Crippen LogP contribution in [0.3, 0.4) is 0 Å². The molecule has 1 atom stereocenters. The molecule has 8 nitrogen and oxygen atoms in total. The topological polar surface area (TPSA) is 102 Å². The first-order valence-electron chi connectivity index (χ1n) is 5.69. The molecule has 0 aromatic carbocycles. The Morgan fingerprint density at radius 3 is 2.95 bits per heavy atom. The maximum absolute atomic E-state index is 12.2. The number of rotatable bonds is 3. The van der Waals surface area contributed by atoms with Crippen molar-refractivity contribution in [3.05, 3.63) is 11.6 Å². The second kappa shape index (κ2) is 5.47. The number of aryl methyl sites for hydroxylation is 1. The molecule has 104 valence electrons. The lowest BCUT2D eigenvalue weighted by atomic mass is 10.3. The molecule has 1 aliphatic rings. The van der Waals surface area contributed by atoms with Crippen molar-refractivity contribution in [2.75, 3.05) is 18.7 Å². The summed E-state index contributed by atoms with van der Waals surface area (Å²) in [6.45, 7) is 2.02. The predicted octanol–water partition coefficient (Wildman–Crippen LogP) is 0.124. The Morgan fingerprint density at radius 1 is 1.63 bits per heavy atom. The number of aliphatic carboxylic acids is 1. The van der Waals surface area contributed by atoms with E-state index >= 15 is 0 Å². The van der Waals surface area contributed by atoms with Gasteiger partial charge in [0.15, 0.2) is 5.82 Å². The zero-order chi connectivity index (χ0) is 14.0. The van der Waals surface area contributed by atoms with Crippen molar-refractivity contribution in [2.45, 2.75) is 19.5 Å². The minimum Gasteiger partial charge on any atom is -0.480 e. The second-order valence-corrected chi connectivity index (χ2v) is 5.30. The molecule has 2 N–H and O–H groups in total. The first kappa shape index (κ1) is 13.7. The molecule has 0 unspecified atom stereocenters. The minimum absolute atomic E-state index is 0.247. The Morgan fingerprint density at radius 2 is 2.37 bits per heavy atom. The Kier molecular flexibility index (Phi) is 3.93. The molecule has 0 saturated carbocycles. The molecule has 0 spiro atoms. The van der Waals surface area contributed by atoms with Crippen LogP contribution in [0.4, 0.5) is 4.79 Å². The number of hydrogen-bond acceptors (Lipinski definition) is 5. The predicted molar refractivity (Wildman–Crippen MR) is 68.6 cm³/mol. The monoisotopic (exact) mass is 285 g/mol. The molecule has 1 aromatic rings. The number of carboxylic acid groups (broad SMARTS) is 1. The van der Waals surface area contributed by atoms with Gasteiger partial charge in [-0.3, -0.25) is 5.10 Å².